The third-order valence-electron chi connectivity index (χ3n) is 4.79. The molecule has 0 atom stereocenters. The Morgan fingerprint density at radius 3 is 2.39 bits per heavy atom. The molecule has 0 unspecified atom stereocenters. The molecule has 2 rings (SSSR count). The lowest BCUT2D eigenvalue weighted by molar-refractivity contribution is -0.175. The van der Waals surface area contributed by atoms with Gasteiger partial charge in [-0.15, -0.1) is 0 Å². The van der Waals surface area contributed by atoms with Crippen molar-refractivity contribution in [2.75, 3.05) is 20.1 Å². The molecule has 1 saturated carbocycles. The van der Waals surface area contributed by atoms with E-state index in [1.54, 1.807) is 0 Å². The Morgan fingerprint density at radius 1 is 1.22 bits per heavy atom. The molecule has 3 heteroatoms. The first-order valence-corrected chi connectivity index (χ1v) is 7.56. The zero-order chi connectivity index (χ0) is 13.0. The summed E-state index contributed by atoms with van der Waals surface area (Å²) in [6.07, 6.45) is 9.04. The smallest absolute Gasteiger partial charge is 0.306 e. The largest absolute Gasteiger partial charge is 0.459 e. The maximum Gasteiger partial charge on any atom is 0.306 e. The summed E-state index contributed by atoms with van der Waals surface area (Å²) in [6, 6.07) is 0. The van der Waals surface area contributed by atoms with Gasteiger partial charge in [0, 0.05) is 32.4 Å². The van der Waals surface area contributed by atoms with Crippen LogP contribution in [-0.2, 0) is 9.53 Å². The van der Waals surface area contributed by atoms with Gasteiger partial charge < -0.3 is 9.64 Å². The predicted octanol–water partition coefficient (Wildman–Crippen LogP) is 2.98. The summed E-state index contributed by atoms with van der Waals surface area (Å²) in [7, 11) is 2.16. The lowest BCUT2D eigenvalue weighted by atomic mass is 9.72. The van der Waals surface area contributed by atoms with Gasteiger partial charge in [-0.2, -0.15) is 0 Å². The van der Waals surface area contributed by atoms with Crippen LogP contribution in [0.4, 0.5) is 0 Å². The summed E-state index contributed by atoms with van der Waals surface area (Å²) >= 11 is 0. The molecule has 0 aromatic heterocycles. The van der Waals surface area contributed by atoms with Gasteiger partial charge >= 0.3 is 5.97 Å². The normalized spacial score (nSPS) is 25.9. The zero-order valence-corrected chi connectivity index (χ0v) is 11.9. The molecule has 104 valence electrons. The highest BCUT2D eigenvalue weighted by Crippen LogP contribution is 2.41. The second-order valence-corrected chi connectivity index (χ2v) is 6.03. The molecule has 2 fully saturated rings. The Labute approximate surface area is 111 Å². The minimum atomic E-state index is -0.139. The molecule has 18 heavy (non-hydrogen) atoms. The standard InChI is InChI=1S/C15H27NO2/c1-3-14(17)18-15(9-11-16(2)12-10-15)13-7-5-4-6-8-13/h13H,3-12H2,1-2H3. The molecule has 0 amide bonds. The Kier molecular flexibility index (Phi) is 4.66. The highest BCUT2D eigenvalue weighted by atomic mass is 16.6. The molecule has 0 radical (unpaired) electrons. The Hall–Kier alpha value is -0.570. The highest BCUT2D eigenvalue weighted by Gasteiger charge is 2.44. The van der Waals surface area contributed by atoms with Crippen molar-refractivity contribution in [3.05, 3.63) is 0 Å². The van der Waals surface area contributed by atoms with Crippen LogP contribution < -0.4 is 0 Å². The van der Waals surface area contributed by atoms with E-state index < -0.39 is 0 Å². The van der Waals surface area contributed by atoms with Crippen molar-refractivity contribution in [2.45, 2.75) is 63.9 Å². The van der Waals surface area contributed by atoms with Crippen LogP contribution in [0.15, 0.2) is 0 Å². The number of esters is 1. The predicted molar refractivity (Wildman–Crippen MR) is 72.4 cm³/mol. The van der Waals surface area contributed by atoms with Gasteiger partial charge in [0.2, 0.25) is 0 Å². The van der Waals surface area contributed by atoms with Crippen molar-refractivity contribution >= 4 is 5.97 Å². The van der Waals surface area contributed by atoms with Gasteiger partial charge in [0.1, 0.15) is 5.60 Å². The van der Waals surface area contributed by atoms with Gasteiger partial charge in [-0.05, 0) is 25.8 Å². The van der Waals surface area contributed by atoms with E-state index in [0.29, 0.717) is 12.3 Å². The van der Waals surface area contributed by atoms with Crippen molar-refractivity contribution in [1.82, 2.24) is 4.90 Å². The van der Waals surface area contributed by atoms with Crippen molar-refractivity contribution in [1.29, 1.82) is 0 Å². The van der Waals surface area contributed by atoms with Crippen LogP contribution in [0, 0.1) is 5.92 Å². The quantitative estimate of drug-likeness (QED) is 0.724. The van der Waals surface area contributed by atoms with Crippen LogP contribution >= 0.6 is 0 Å². The number of rotatable bonds is 3. The van der Waals surface area contributed by atoms with Crippen molar-refractivity contribution in [3.63, 3.8) is 0 Å². The lowest BCUT2D eigenvalue weighted by Gasteiger charge is -2.46. The van der Waals surface area contributed by atoms with E-state index >= 15 is 0 Å². The van der Waals surface area contributed by atoms with Crippen LogP contribution in [-0.4, -0.2) is 36.6 Å². The molecule has 1 heterocycles. The average molecular weight is 253 g/mol. The van der Waals surface area contributed by atoms with E-state index in [9.17, 15) is 4.79 Å². The number of hydrogen-bond acceptors (Lipinski definition) is 3. The van der Waals surface area contributed by atoms with Crippen LogP contribution in [0.25, 0.3) is 0 Å². The SMILES string of the molecule is CCC(=O)OC1(C2CCCCC2)CCN(C)CC1. The summed E-state index contributed by atoms with van der Waals surface area (Å²) in [5, 5.41) is 0. The summed E-state index contributed by atoms with van der Waals surface area (Å²) in [6.45, 7) is 4.02. The lowest BCUT2D eigenvalue weighted by Crippen LogP contribution is -2.51. The molecule has 1 aliphatic carbocycles. The number of likely N-dealkylation sites (tertiary alicyclic amines) is 1. The molecule has 2 aliphatic rings. The van der Waals surface area contributed by atoms with Gasteiger partial charge in [0.25, 0.3) is 0 Å². The number of hydrogen-bond donors (Lipinski definition) is 0. The van der Waals surface area contributed by atoms with Crippen molar-refractivity contribution < 1.29 is 9.53 Å². The zero-order valence-electron chi connectivity index (χ0n) is 11.9. The van der Waals surface area contributed by atoms with Gasteiger partial charge in [0.05, 0.1) is 0 Å². The monoisotopic (exact) mass is 253 g/mol. The second-order valence-electron chi connectivity index (χ2n) is 6.03. The molecule has 0 bridgehead atoms. The topological polar surface area (TPSA) is 29.5 Å². The minimum absolute atomic E-state index is 0.00914. The number of carbonyl (C=O) groups excluding carboxylic acids is 1. The fourth-order valence-electron chi connectivity index (χ4n) is 3.52. The number of nitrogens with zero attached hydrogens (tertiary/aromatic N) is 1. The molecule has 1 saturated heterocycles. The molecule has 1 aliphatic heterocycles. The summed E-state index contributed by atoms with van der Waals surface area (Å²) < 4.78 is 5.95. The van der Waals surface area contributed by atoms with E-state index in [2.05, 4.69) is 11.9 Å². The van der Waals surface area contributed by atoms with Crippen LogP contribution in [0.1, 0.15) is 58.3 Å². The van der Waals surface area contributed by atoms with Gasteiger partial charge in [0.15, 0.2) is 0 Å². The molecule has 0 N–H and O–H groups in total. The summed E-state index contributed by atoms with van der Waals surface area (Å²) in [4.78, 5) is 14.1. The molecular formula is C15H27NO2. The van der Waals surface area contributed by atoms with Crippen molar-refractivity contribution in [2.24, 2.45) is 5.92 Å². The van der Waals surface area contributed by atoms with Gasteiger partial charge in [-0.3, -0.25) is 4.79 Å². The molecular weight excluding hydrogens is 226 g/mol. The van der Waals surface area contributed by atoms with E-state index in [1.165, 1.54) is 32.1 Å². The Balaban J connectivity index is 2.08. The third kappa shape index (κ3) is 3.05. The van der Waals surface area contributed by atoms with Crippen LogP contribution in [0.2, 0.25) is 0 Å². The number of carbonyl (C=O) groups is 1. The minimum Gasteiger partial charge on any atom is -0.459 e. The first kappa shape index (κ1) is 13.9. The molecule has 0 aromatic rings. The first-order valence-electron chi connectivity index (χ1n) is 7.56. The third-order valence-corrected chi connectivity index (χ3v) is 4.79. The summed E-state index contributed by atoms with van der Waals surface area (Å²) in [5.41, 5.74) is -0.139. The number of piperidine rings is 1. The fourth-order valence-corrected chi connectivity index (χ4v) is 3.52. The van der Waals surface area contributed by atoms with Crippen LogP contribution in [0.5, 0.6) is 0 Å². The van der Waals surface area contributed by atoms with Crippen LogP contribution in [0.3, 0.4) is 0 Å². The average Bonchev–Trinajstić information content (AvgIpc) is 2.42. The molecule has 0 spiro atoms. The maximum atomic E-state index is 11.8. The van der Waals surface area contributed by atoms with Gasteiger partial charge in [-0.25, -0.2) is 0 Å². The molecule has 3 nitrogen and oxygen atoms in total. The highest BCUT2D eigenvalue weighted by molar-refractivity contribution is 5.69. The van der Waals surface area contributed by atoms with E-state index in [-0.39, 0.29) is 11.6 Å². The Morgan fingerprint density at radius 2 is 1.83 bits per heavy atom. The fraction of sp³-hybridized carbons (Fsp3) is 0.933. The van der Waals surface area contributed by atoms with E-state index in [0.717, 1.165) is 25.9 Å². The van der Waals surface area contributed by atoms with E-state index in [1.807, 2.05) is 6.92 Å². The van der Waals surface area contributed by atoms with Crippen molar-refractivity contribution in [3.8, 4) is 0 Å². The Bertz CT molecular complexity index is 276. The molecule has 0 aromatic carbocycles. The second kappa shape index (κ2) is 6.05. The van der Waals surface area contributed by atoms with E-state index in [4.69, 9.17) is 4.74 Å². The number of ether oxygens (including phenoxy) is 1. The maximum absolute atomic E-state index is 11.8. The van der Waals surface area contributed by atoms with Gasteiger partial charge in [-0.1, -0.05) is 26.2 Å². The first-order chi connectivity index (χ1) is 8.66. The summed E-state index contributed by atoms with van der Waals surface area (Å²) in [5.74, 6) is 0.598.